The highest BCUT2D eigenvalue weighted by Gasteiger charge is 2.42. The fraction of sp³-hybridized carbons (Fsp3) is 0.500. The maximum absolute atomic E-state index is 12.2. The van der Waals surface area contributed by atoms with Gasteiger partial charge in [0.05, 0.1) is 18.7 Å². The average molecular weight is 325 g/mol. The lowest BCUT2D eigenvalue weighted by atomic mass is 9.99. The van der Waals surface area contributed by atoms with Crippen LogP contribution in [0.5, 0.6) is 0 Å². The van der Waals surface area contributed by atoms with Gasteiger partial charge in [-0.25, -0.2) is 4.79 Å². The lowest BCUT2D eigenvalue weighted by molar-refractivity contribution is -0.124. The maximum atomic E-state index is 12.2. The number of carbonyl (C=O) groups excluding carboxylic acids is 2. The summed E-state index contributed by atoms with van der Waals surface area (Å²) < 4.78 is 4.65. The minimum atomic E-state index is -0.350. The summed E-state index contributed by atoms with van der Waals surface area (Å²) in [5, 5.41) is 6.36. The Bertz CT molecular complexity index is 547. The van der Waals surface area contributed by atoms with E-state index in [0.29, 0.717) is 24.1 Å². The van der Waals surface area contributed by atoms with Crippen LogP contribution in [-0.2, 0) is 16.1 Å². The second-order valence-electron chi connectivity index (χ2n) is 5.82. The molecule has 22 heavy (non-hydrogen) atoms. The third-order valence-electron chi connectivity index (χ3n) is 4.48. The van der Waals surface area contributed by atoms with E-state index in [-0.39, 0.29) is 30.3 Å². The smallest absolute Gasteiger partial charge is 0.337 e. The fourth-order valence-electron chi connectivity index (χ4n) is 3.33. The number of rotatable bonds is 4. The molecule has 1 aromatic rings. The Hall–Kier alpha value is -1.59. The molecular formula is C16H21ClN2O3. The summed E-state index contributed by atoms with van der Waals surface area (Å²) in [7, 11) is 1.36. The van der Waals surface area contributed by atoms with E-state index in [1.54, 1.807) is 12.1 Å². The molecule has 120 valence electrons. The van der Waals surface area contributed by atoms with Gasteiger partial charge in [0.15, 0.2) is 0 Å². The molecule has 3 rings (SSSR count). The minimum absolute atomic E-state index is 0. The first-order chi connectivity index (χ1) is 10.2. The number of hydrogen-bond acceptors (Lipinski definition) is 4. The molecule has 1 saturated carbocycles. The van der Waals surface area contributed by atoms with Gasteiger partial charge in [0.1, 0.15) is 0 Å². The van der Waals surface area contributed by atoms with Gasteiger partial charge in [-0.1, -0.05) is 12.1 Å². The molecule has 2 bridgehead atoms. The van der Waals surface area contributed by atoms with Gasteiger partial charge in [-0.3, -0.25) is 4.79 Å². The van der Waals surface area contributed by atoms with Gasteiger partial charge in [-0.05, 0) is 42.9 Å². The Morgan fingerprint density at radius 2 is 2.00 bits per heavy atom. The Morgan fingerprint density at radius 1 is 1.27 bits per heavy atom. The SMILES string of the molecule is COC(=O)c1ccc(CNC(=O)[C@@H]2N[C@H]3CC[C@@H]2C3)cc1.Cl. The molecule has 3 atom stereocenters. The predicted octanol–water partition coefficient (Wildman–Crippen LogP) is 1.65. The third kappa shape index (κ3) is 3.42. The van der Waals surface area contributed by atoms with Crippen LogP contribution in [0.4, 0.5) is 0 Å². The topological polar surface area (TPSA) is 67.4 Å². The fourth-order valence-corrected chi connectivity index (χ4v) is 3.33. The second-order valence-corrected chi connectivity index (χ2v) is 5.82. The van der Waals surface area contributed by atoms with Crippen LogP contribution >= 0.6 is 12.4 Å². The zero-order chi connectivity index (χ0) is 14.8. The number of fused-ring (bicyclic) bond motifs is 2. The summed E-state index contributed by atoms with van der Waals surface area (Å²) in [5.41, 5.74) is 1.49. The first kappa shape index (κ1) is 16.8. The summed E-state index contributed by atoms with van der Waals surface area (Å²) in [4.78, 5) is 23.5. The van der Waals surface area contributed by atoms with Crippen molar-refractivity contribution < 1.29 is 14.3 Å². The quantitative estimate of drug-likeness (QED) is 0.826. The van der Waals surface area contributed by atoms with Crippen molar-refractivity contribution in [2.24, 2.45) is 5.92 Å². The number of benzene rings is 1. The molecule has 2 N–H and O–H groups in total. The summed E-state index contributed by atoms with van der Waals surface area (Å²) in [5.74, 6) is 0.229. The number of carbonyl (C=O) groups is 2. The van der Waals surface area contributed by atoms with E-state index < -0.39 is 0 Å². The molecule has 5 nitrogen and oxygen atoms in total. The number of esters is 1. The van der Waals surface area contributed by atoms with Crippen molar-refractivity contribution in [1.82, 2.24) is 10.6 Å². The van der Waals surface area contributed by atoms with E-state index in [1.165, 1.54) is 13.5 Å². The number of nitrogens with one attached hydrogen (secondary N) is 2. The van der Waals surface area contributed by atoms with Crippen molar-refractivity contribution >= 4 is 24.3 Å². The van der Waals surface area contributed by atoms with E-state index >= 15 is 0 Å². The van der Waals surface area contributed by atoms with Crippen LogP contribution in [0.2, 0.25) is 0 Å². The van der Waals surface area contributed by atoms with E-state index in [4.69, 9.17) is 0 Å². The highest BCUT2D eigenvalue weighted by atomic mass is 35.5. The van der Waals surface area contributed by atoms with Gasteiger partial charge in [0.25, 0.3) is 0 Å². The first-order valence-corrected chi connectivity index (χ1v) is 7.38. The Kier molecular flexibility index (Phi) is 5.42. The molecule has 0 spiro atoms. The maximum Gasteiger partial charge on any atom is 0.337 e. The number of hydrogen-bond donors (Lipinski definition) is 2. The van der Waals surface area contributed by atoms with Crippen LogP contribution in [0.15, 0.2) is 24.3 Å². The summed E-state index contributed by atoms with van der Waals surface area (Å²) in [6.45, 7) is 0.482. The van der Waals surface area contributed by atoms with Gasteiger partial charge < -0.3 is 15.4 Å². The van der Waals surface area contributed by atoms with Gasteiger partial charge in [-0.2, -0.15) is 0 Å². The van der Waals surface area contributed by atoms with Gasteiger partial charge in [0, 0.05) is 12.6 Å². The Morgan fingerprint density at radius 3 is 2.55 bits per heavy atom. The molecule has 1 heterocycles. The molecule has 0 unspecified atom stereocenters. The number of amides is 1. The molecular weight excluding hydrogens is 304 g/mol. The van der Waals surface area contributed by atoms with Crippen LogP contribution in [0, 0.1) is 5.92 Å². The highest BCUT2D eigenvalue weighted by Crippen LogP contribution is 2.35. The largest absolute Gasteiger partial charge is 0.465 e. The molecule has 1 saturated heterocycles. The number of piperidine rings is 1. The summed E-state index contributed by atoms with van der Waals surface area (Å²) >= 11 is 0. The summed E-state index contributed by atoms with van der Waals surface area (Å²) in [6.07, 6.45) is 3.49. The van der Waals surface area contributed by atoms with Crippen LogP contribution < -0.4 is 10.6 Å². The predicted molar refractivity (Wildman–Crippen MR) is 84.9 cm³/mol. The molecule has 1 aromatic carbocycles. The zero-order valence-corrected chi connectivity index (χ0v) is 13.3. The lowest BCUT2D eigenvalue weighted by Crippen LogP contribution is -2.47. The molecule has 2 fully saturated rings. The van der Waals surface area contributed by atoms with Gasteiger partial charge in [-0.15, -0.1) is 12.4 Å². The van der Waals surface area contributed by atoms with E-state index in [0.717, 1.165) is 18.4 Å². The highest BCUT2D eigenvalue weighted by molar-refractivity contribution is 5.89. The van der Waals surface area contributed by atoms with Gasteiger partial charge >= 0.3 is 5.97 Å². The molecule has 1 aliphatic heterocycles. The number of methoxy groups -OCH3 is 1. The lowest BCUT2D eigenvalue weighted by Gasteiger charge is -2.22. The average Bonchev–Trinajstić information content (AvgIpc) is 3.15. The van der Waals surface area contributed by atoms with Crippen molar-refractivity contribution in [2.45, 2.75) is 37.9 Å². The van der Waals surface area contributed by atoms with Crippen LogP contribution in [-0.4, -0.2) is 31.1 Å². The summed E-state index contributed by atoms with van der Waals surface area (Å²) in [6, 6.07) is 7.59. The zero-order valence-electron chi connectivity index (χ0n) is 12.5. The monoisotopic (exact) mass is 324 g/mol. The van der Waals surface area contributed by atoms with Crippen molar-refractivity contribution in [3.8, 4) is 0 Å². The van der Waals surface area contributed by atoms with Gasteiger partial charge in [0.2, 0.25) is 5.91 Å². The van der Waals surface area contributed by atoms with Crippen molar-refractivity contribution in [3.05, 3.63) is 35.4 Å². The Balaban J connectivity index is 0.00000176. The molecule has 2 aliphatic rings. The standard InChI is InChI=1S/C16H20N2O3.ClH/c1-21-16(20)11-4-2-10(3-5-11)9-17-15(19)14-12-6-7-13(8-12)18-14;/h2-5,12-14,18H,6-9H2,1H3,(H,17,19);1H/t12-,13+,14-;/m1./s1. The van der Waals surface area contributed by atoms with Crippen LogP contribution in [0.1, 0.15) is 35.2 Å². The van der Waals surface area contributed by atoms with E-state index in [2.05, 4.69) is 15.4 Å². The normalized spacial score (nSPS) is 25.4. The third-order valence-corrected chi connectivity index (χ3v) is 4.48. The molecule has 0 aromatic heterocycles. The molecule has 6 heteroatoms. The van der Waals surface area contributed by atoms with Crippen molar-refractivity contribution in [3.63, 3.8) is 0 Å². The van der Waals surface area contributed by atoms with Crippen molar-refractivity contribution in [1.29, 1.82) is 0 Å². The second kappa shape index (κ2) is 7.11. The van der Waals surface area contributed by atoms with E-state index in [1.807, 2.05) is 12.1 Å². The van der Waals surface area contributed by atoms with Crippen LogP contribution in [0.25, 0.3) is 0 Å². The minimum Gasteiger partial charge on any atom is -0.465 e. The van der Waals surface area contributed by atoms with Crippen molar-refractivity contribution in [2.75, 3.05) is 7.11 Å². The Labute approximate surface area is 136 Å². The van der Waals surface area contributed by atoms with Crippen LogP contribution in [0.3, 0.4) is 0 Å². The molecule has 0 radical (unpaired) electrons. The molecule has 1 aliphatic carbocycles. The van der Waals surface area contributed by atoms with E-state index in [9.17, 15) is 9.59 Å². The number of halogens is 1. The molecule has 1 amide bonds. The first-order valence-electron chi connectivity index (χ1n) is 7.38. The number of ether oxygens (including phenoxy) is 1.